The molecule has 0 unspecified atom stereocenters. The van der Waals surface area contributed by atoms with Gasteiger partial charge in [0.1, 0.15) is 5.76 Å². The number of rotatable bonds is 6. The zero-order chi connectivity index (χ0) is 24.2. The molecule has 0 spiro atoms. The van der Waals surface area contributed by atoms with Gasteiger partial charge < -0.3 is 24.4 Å². The molecule has 0 aromatic heterocycles. The number of carbonyl (C=O) groups excluding carboxylic acids is 1. The Hall–Kier alpha value is -2.21. The Morgan fingerprint density at radius 2 is 1.74 bits per heavy atom. The van der Waals surface area contributed by atoms with Gasteiger partial charge in [-0.2, -0.15) is 0 Å². The van der Waals surface area contributed by atoms with Crippen molar-refractivity contribution in [2.24, 2.45) is 23.2 Å². The number of nitrogens with zero attached hydrogens (tertiary/aromatic N) is 1. The van der Waals surface area contributed by atoms with Crippen molar-refractivity contribution in [2.45, 2.75) is 69.2 Å². The number of nitrogens with one attached hydrogen (secondary N) is 1. The van der Waals surface area contributed by atoms with Crippen LogP contribution in [0.3, 0.4) is 0 Å². The Morgan fingerprint density at radius 3 is 2.40 bits per heavy atom. The summed E-state index contributed by atoms with van der Waals surface area (Å²) < 4.78 is 17.0. The molecule has 4 bridgehead atoms. The number of methoxy groups -OCH3 is 2. The van der Waals surface area contributed by atoms with E-state index in [0.717, 1.165) is 67.4 Å². The lowest BCUT2D eigenvalue weighted by atomic mass is 9.49. The summed E-state index contributed by atoms with van der Waals surface area (Å²) >= 11 is 0. The number of alkyl carbamates (subject to hydrolysis) is 1. The minimum atomic E-state index is -0.272. The fourth-order valence-electron chi connectivity index (χ4n) is 8.88. The first-order valence-electron chi connectivity index (χ1n) is 13.5. The summed E-state index contributed by atoms with van der Waals surface area (Å²) in [5, 5.41) is 3.18. The van der Waals surface area contributed by atoms with Crippen molar-refractivity contribution in [3.05, 3.63) is 35.6 Å². The first kappa shape index (κ1) is 23.2. The predicted molar refractivity (Wildman–Crippen MR) is 135 cm³/mol. The molecule has 1 N–H and O–H groups in total. The number of likely N-dealkylation sites (tertiary alicyclic amines) is 1. The first-order valence-corrected chi connectivity index (χ1v) is 13.5. The van der Waals surface area contributed by atoms with E-state index < -0.39 is 0 Å². The fraction of sp³-hybridized carbons (Fsp3) is 0.690. The maximum absolute atomic E-state index is 12.9. The number of ether oxygens (including phenoxy) is 3. The van der Waals surface area contributed by atoms with Crippen LogP contribution >= 0.6 is 0 Å². The van der Waals surface area contributed by atoms with E-state index in [1.807, 2.05) is 6.07 Å². The van der Waals surface area contributed by atoms with Crippen LogP contribution < -0.4 is 14.8 Å². The van der Waals surface area contributed by atoms with Crippen molar-refractivity contribution >= 4 is 6.09 Å². The summed E-state index contributed by atoms with van der Waals surface area (Å²) in [5.74, 6) is 5.00. The number of hydrogen-bond donors (Lipinski definition) is 1. The van der Waals surface area contributed by atoms with Crippen LogP contribution in [0.15, 0.2) is 30.0 Å². The molecule has 1 heterocycles. The Bertz CT molecular complexity index is 985. The van der Waals surface area contributed by atoms with Gasteiger partial charge in [0, 0.05) is 24.4 Å². The lowest BCUT2D eigenvalue weighted by Crippen LogP contribution is -2.51. The molecule has 6 aliphatic rings. The van der Waals surface area contributed by atoms with Gasteiger partial charge in [-0.25, -0.2) is 4.79 Å². The number of fused-ring (bicyclic) bond motifs is 1. The second-order valence-corrected chi connectivity index (χ2v) is 12.2. The molecule has 1 amide bonds. The smallest absolute Gasteiger partial charge is 0.412 e. The SMILES string of the molecule is COc1ccc([C@@]23CC=C(OC(=O)NCC45CC6CC(CC(C6)C4)C5)C[C@@H]2N(C)CC3)cc1OC. The van der Waals surface area contributed by atoms with Gasteiger partial charge in [0.25, 0.3) is 0 Å². The molecule has 1 aliphatic heterocycles. The first-order chi connectivity index (χ1) is 16.9. The molecule has 35 heavy (non-hydrogen) atoms. The third-order valence-corrected chi connectivity index (χ3v) is 10.1. The Morgan fingerprint density at radius 1 is 1.06 bits per heavy atom. The number of allylic oxidation sites excluding steroid dienone is 1. The number of amides is 1. The zero-order valence-corrected chi connectivity index (χ0v) is 21.5. The van der Waals surface area contributed by atoms with Gasteiger partial charge in [-0.05, 0) is 112 Å². The van der Waals surface area contributed by atoms with E-state index >= 15 is 0 Å². The molecule has 6 heteroatoms. The highest BCUT2D eigenvalue weighted by molar-refractivity contribution is 5.68. The van der Waals surface area contributed by atoms with Gasteiger partial charge in [-0.15, -0.1) is 0 Å². The molecule has 190 valence electrons. The molecule has 1 aromatic carbocycles. The van der Waals surface area contributed by atoms with Crippen molar-refractivity contribution in [3.8, 4) is 11.5 Å². The highest BCUT2D eigenvalue weighted by Gasteiger charge is 2.51. The van der Waals surface area contributed by atoms with Crippen LogP contribution in [0, 0.1) is 23.2 Å². The molecule has 2 atom stereocenters. The maximum atomic E-state index is 12.9. The Labute approximate surface area is 209 Å². The fourth-order valence-corrected chi connectivity index (χ4v) is 8.88. The summed E-state index contributed by atoms with van der Waals surface area (Å²) in [5.41, 5.74) is 1.59. The summed E-state index contributed by atoms with van der Waals surface area (Å²) in [7, 11) is 5.54. The number of carbonyl (C=O) groups is 1. The van der Waals surface area contributed by atoms with Crippen molar-refractivity contribution in [1.82, 2.24) is 10.2 Å². The van der Waals surface area contributed by atoms with E-state index in [2.05, 4.69) is 35.5 Å². The van der Waals surface area contributed by atoms with Crippen molar-refractivity contribution in [1.29, 1.82) is 0 Å². The highest BCUT2D eigenvalue weighted by Crippen LogP contribution is 2.59. The summed E-state index contributed by atoms with van der Waals surface area (Å²) in [6, 6.07) is 6.59. The van der Waals surface area contributed by atoms with Crippen molar-refractivity contribution in [3.63, 3.8) is 0 Å². The average molecular weight is 481 g/mol. The standard InChI is InChI=1S/C29H40N2O4/c1-31-9-8-29(22-4-5-24(33-2)25(13-22)34-3)7-6-23(14-26(29)31)35-27(32)30-18-28-15-19-10-20(16-28)12-21(11-19)17-28/h4-6,13,19-21,26H,7-12,14-18H2,1-3H3,(H,30,32)/t19?,20?,21?,26-,28?,29-/m0/s1. The van der Waals surface area contributed by atoms with Gasteiger partial charge >= 0.3 is 6.09 Å². The van der Waals surface area contributed by atoms with Crippen molar-refractivity contribution in [2.75, 3.05) is 34.4 Å². The molecule has 5 aliphatic carbocycles. The molecule has 0 radical (unpaired) electrons. The minimum absolute atomic E-state index is 0.00314. The van der Waals surface area contributed by atoms with E-state index in [9.17, 15) is 4.79 Å². The third-order valence-electron chi connectivity index (χ3n) is 10.1. The van der Waals surface area contributed by atoms with Gasteiger partial charge in [0.05, 0.1) is 14.2 Å². The highest BCUT2D eigenvalue weighted by atomic mass is 16.6. The van der Waals surface area contributed by atoms with Gasteiger partial charge in [-0.3, -0.25) is 0 Å². The number of likely N-dealkylation sites (N-methyl/N-ethyl adjacent to an activating group) is 1. The van der Waals surface area contributed by atoms with Gasteiger partial charge in [0.2, 0.25) is 0 Å². The zero-order valence-electron chi connectivity index (χ0n) is 21.5. The van der Waals surface area contributed by atoms with E-state index in [1.165, 1.54) is 44.1 Å². The molecule has 1 saturated heterocycles. The second-order valence-electron chi connectivity index (χ2n) is 12.2. The normalized spacial score (nSPS) is 37.5. The van der Waals surface area contributed by atoms with Crippen LogP contribution in [-0.2, 0) is 10.2 Å². The van der Waals surface area contributed by atoms with Crippen LogP contribution in [-0.4, -0.2) is 51.4 Å². The summed E-state index contributed by atoms with van der Waals surface area (Å²) in [6.45, 7) is 1.81. The van der Waals surface area contributed by atoms with E-state index in [1.54, 1.807) is 14.2 Å². The van der Waals surface area contributed by atoms with Gasteiger partial charge in [0.15, 0.2) is 11.5 Å². The predicted octanol–water partition coefficient (Wildman–Crippen LogP) is 5.27. The summed E-state index contributed by atoms with van der Waals surface area (Å²) in [4.78, 5) is 15.3. The van der Waals surface area contributed by atoms with Crippen LogP contribution in [0.4, 0.5) is 4.79 Å². The summed E-state index contributed by atoms with van der Waals surface area (Å²) in [6.07, 6.45) is 12.7. The molecule has 5 fully saturated rings. The average Bonchev–Trinajstić information content (AvgIpc) is 3.18. The van der Waals surface area contributed by atoms with Crippen LogP contribution in [0.2, 0.25) is 0 Å². The molecular formula is C29H40N2O4. The maximum Gasteiger partial charge on any atom is 0.412 e. The Kier molecular flexibility index (Phi) is 5.78. The molecular weight excluding hydrogens is 440 g/mol. The van der Waals surface area contributed by atoms with E-state index in [-0.39, 0.29) is 17.6 Å². The van der Waals surface area contributed by atoms with Crippen molar-refractivity contribution < 1.29 is 19.0 Å². The Balaban J connectivity index is 1.13. The van der Waals surface area contributed by atoms with E-state index in [0.29, 0.717) is 5.41 Å². The molecule has 1 aromatic rings. The molecule has 6 nitrogen and oxygen atoms in total. The quantitative estimate of drug-likeness (QED) is 0.601. The lowest BCUT2D eigenvalue weighted by molar-refractivity contribution is -0.0506. The topological polar surface area (TPSA) is 60.0 Å². The second kappa shape index (κ2) is 8.72. The van der Waals surface area contributed by atoms with Gasteiger partial charge in [-0.1, -0.05) is 6.07 Å². The number of benzene rings is 1. The van der Waals surface area contributed by atoms with E-state index in [4.69, 9.17) is 14.2 Å². The monoisotopic (exact) mass is 480 g/mol. The minimum Gasteiger partial charge on any atom is -0.493 e. The lowest BCUT2D eigenvalue weighted by Gasteiger charge is -2.56. The van der Waals surface area contributed by atoms with Crippen LogP contribution in [0.25, 0.3) is 0 Å². The molecule has 7 rings (SSSR count). The number of hydrogen-bond acceptors (Lipinski definition) is 5. The molecule has 4 saturated carbocycles. The van der Waals surface area contributed by atoms with Crippen LogP contribution in [0.5, 0.6) is 11.5 Å². The third kappa shape index (κ3) is 4.02. The van der Waals surface area contributed by atoms with Crippen LogP contribution in [0.1, 0.15) is 63.4 Å². The largest absolute Gasteiger partial charge is 0.493 e.